The second-order valence-corrected chi connectivity index (χ2v) is 7.26. The Morgan fingerprint density at radius 1 is 1.29 bits per heavy atom. The van der Waals surface area contributed by atoms with Crippen LogP contribution in [0.3, 0.4) is 0 Å². The molecule has 2 N–H and O–H groups in total. The Labute approximate surface area is 161 Å². The first-order valence-corrected chi connectivity index (χ1v) is 9.53. The van der Waals surface area contributed by atoms with Crippen LogP contribution in [0.25, 0.3) is 5.69 Å². The molecule has 2 aromatic rings. The number of hydrogen-bond acceptors (Lipinski definition) is 4. The van der Waals surface area contributed by atoms with E-state index in [1.165, 1.54) is 10.7 Å². The third-order valence-electron chi connectivity index (χ3n) is 5.45. The summed E-state index contributed by atoms with van der Waals surface area (Å²) >= 11 is 0. The fourth-order valence-electron chi connectivity index (χ4n) is 4.06. The Balaban J connectivity index is 1.64. The third-order valence-corrected chi connectivity index (χ3v) is 5.45. The topological polar surface area (TPSA) is 93.5 Å². The normalized spacial score (nSPS) is 19.8. The highest BCUT2D eigenvalue weighted by Gasteiger charge is 2.34. The van der Waals surface area contributed by atoms with E-state index in [-0.39, 0.29) is 17.3 Å². The molecule has 0 spiro atoms. The fourth-order valence-corrected chi connectivity index (χ4v) is 4.06. The van der Waals surface area contributed by atoms with E-state index in [1.807, 2.05) is 0 Å². The number of rotatable bonds is 5. The minimum atomic E-state index is -1.09. The van der Waals surface area contributed by atoms with Crippen LogP contribution < -0.4 is 5.32 Å². The van der Waals surface area contributed by atoms with E-state index >= 15 is 0 Å². The van der Waals surface area contributed by atoms with Gasteiger partial charge in [-0.15, -0.1) is 0 Å². The van der Waals surface area contributed by atoms with Crippen LogP contribution in [-0.4, -0.2) is 46.0 Å². The van der Waals surface area contributed by atoms with E-state index in [0.717, 1.165) is 24.1 Å². The second-order valence-electron chi connectivity index (χ2n) is 7.26. The van der Waals surface area contributed by atoms with Crippen LogP contribution in [0.1, 0.15) is 41.0 Å². The Morgan fingerprint density at radius 3 is 2.82 bits per heavy atom. The number of carbonyl (C=O) groups is 2. The predicted molar refractivity (Wildman–Crippen MR) is 98.0 cm³/mol. The molecule has 0 radical (unpaired) electrons. The Bertz CT molecular complexity index is 905. The van der Waals surface area contributed by atoms with E-state index in [4.69, 9.17) is 4.74 Å². The van der Waals surface area contributed by atoms with Gasteiger partial charge in [0, 0.05) is 23.8 Å². The lowest BCUT2D eigenvalue weighted by Crippen LogP contribution is -2.48. The van der Waals surface area contributed by atoms with Gasteiger partial charge in [-0.25, -0.2) is 13.9 Å². The minimum absolute atomic E-state index is 0.179. The molecule has 7 nitrogen and oxygen atoms in total. The quantitative estimate of drug-likeness (QED) is 0.820. The molecule has 1 aromatic heterocycles. The number of nitrogens with zero attached hydrogens (tertiary/aromatic N) is 2. The van der Waals surface area contributed by atoms with Crippen molar-refractivity contribution in [1.29, 1.82) is 0 Å². The Kier molecular flexibility index (Phi) is 5.13. The number of ether oxygens (including phenoxy) is 1. The summed E-state index contributed by atoms with van der Waals surface area (Å²) in [5.41, 5.74) is 2.04. The zero-order valence-electron chi connectivity index (χ0n) is 15.4. The number of fused-ring (bicyclic) bond motifs is 1. The van der Waals surface area contributed by atoms with E-state index in [9.17, 15) is 19.1 Å². The van der Waals surface area contributed by atoms with Crippen molar-refractivity contribution in [3.05, 3.63) is 47.0 Å². The highest BCUT2D eigenvalue weighted by atomic mass is 19.1. The molecule has 1 aliphatic carbocycles. The van der Waals surface area contributed by atoms with Crippen molar-refractivity contribution >= 4 is 11.9 Å². The second kappa shape index (κ2) is 7.71. The Morgan fingerprint density at radius 2 is 2.11 bits per heavy atom. The molecule has 2 heterocycles. The molecule has 0 saturated carbocycles. The van der Waals surface area contributed by atoms with Gasteiger partial charge in [0.1, 0.15) is 17.5 Å². The number of benzene rings is 1. The molecular weight excluding hydrogens is 365 g/mol. The molecule has 1 fully saturated rings. The first kappa shape index (κ1) is 18.6. The molecule has 2 aliphatic rings. The van der Waals surface area contributed by atoms with E-state index in [2.05, 4.69) is 10.4 Å². The zero-order chi connectivity index (χ0) is 19.7. The van der Waals surface area contributed by atoms with E-state index < -0.39 is 23.7 Å². The molecule has 8 heteroatoms. The molecule has 2 unspecified atom stereocenters. The van der Waals surface area contributed by atoms with Crippen molar-refractivity contribution in [1.82, 2.24) is 15.1 Å². The lowest BCUT2D eigenvalue weighted by molar-refractivity contribution is -0.142. The lowest BCUT2D eigenvalue weighted by atomic mass is 9.93. The van der Waals surface area contributed by atoms with Crippen LogP contribution in [-0.2, 0) is 22.4 Å². The molecule has 1 saturated heterocycles. The minimum Gasteiger partial charge on any atom is -0.480 e. The molecule has 0 bridgehead atoms. The van der Waals surface area contributed by atoms with Gasteiger partial charge >= 0.3 is 5.97 Å². The number of carboxylic acids is 1. The number of nitrogens with one attached hydrogen (secondary N) is 1. The number of hydrogen-bond donors (Lipinski definition) is 2. The molecule has 1 aromatic carbocycles. The molecule has 148 valence electrons. The van der Waals surface area contributed by atoms with Gasteiger partial charge in [0.15, 0.2) is 5.69 Å². The number of aromatic nitrogens is 2. The molecule has 1 amide bonds. The van der Waals surface area contributed by atoms with E-state index in [0.29, 0.717) is 32.5 Å². The van der Waals surface area contributed by atoms with Crippen LogP contribution in [0.4, 0.5) is 4.39 Å². The smallest absolute Gasteiger partial charge is 0.326 e. The summed E-state index contributed by atoms with van der Waals surface area (Å²) in [6.45, 7) is 0.913. The lowest BCUT2D eigenvalue weighted by Gasteiger charge is -2.27. The van der Waals surface area contributed by atoms with Gasteiger partial charge in [-0.1, -0.05) is 12.1 Å². The maximum Gasteiger partial charge on any atom is 0.326 e. The molecule has 28 heavy (non-hydrogen) atoms. The predicted octanol–water partition coefficient (Wildman–Crippen LogP) is 2.11. The summed E-state index contributed by atoms with van der Waals surface area (Å²) in [6.07, 6.45) is 3.65. The van der Waals surface area contributed by atoms with Crippen molar-refractivity contribution in [3.8, 4) is 5.69 Å². The highest BCUT2D eigenvalue weighted by Crippen LogP contribution is 2.29. The summed E-state index contributed by atoms with van der Waals surface area (Å²) in [4.78, 5) is 24.6. The van der Waals surface area contributed by atoms with Crippen LogP contribution in [0.5, 0.6) is 0 Å². The number of carbonyl (C=O) groups excluding carboxylic acids is 1. The molecule has 4 rings (SSSR count). The van der Waals surface area contributed by atoms with Gasteiger partial charge in [0.25, 0.3) is 5.91 Å². The van der Waals surface area contributed by atoms with Crippen LogP contribution in [0, 0.1) is 11.7 Å². The SMILES string of the molecule is O=C(NC(C(=O)O)C1CCCOC1)c1nn(-c2ccccc2F)c2c1CCC2. The van der Waals surface area contributed by atoms with Crippen LogP contribution in [0.2, 0.25) is 0 Å². The average Bonchev–Trinajstić information content (AvgIpc) is 3.30. The first-order chi connectivity index (χ1) is 13.6. The monoisotopic (exact) mass is 387 g/mol. The van der Waals surface area contributed by atoms with Crippen molar-refractivity contribution in [2.45, 2.75) is 38.1 Å². The van der Waals surface area contributed by atoms with Crippen molar-refractivity contribution in [3.63, 3.8) is 0 Å². The first-order valence-electron chi connectivity index (χ1n) is 9.53. The third kappa shape index (κ3) is 3.40. The summed E-state index contributed by atoms with van der Waals surface area (Å²) in [6, 6.07) is 5.23. The highest BCUT2D eigenvalue weighted by molar-refractivity contribution is 5.96. The number of halogens is 1. The van der Waals surface area contributed by atoms with Gasteiger partial charge in [-0.3, -0.25) is 4.79 Å². The van der Waals surface area contributed by atoms with E-state index in [1.54, 1.807) is 18.2 Å². The molecule has 2 atom stereocenters. The van der Waals surface area contributed by atoms with Crippen molar-refractivity contribution in [2.75, 3.05) is 13.2 Å². The summed E-state index contributed by atoms with van der Waals surface area (Å²) in [5, 5.41) is 16.6. The van der Waals surface area contributed by atoms with Gasteiger partial charge < -0.3 is 15.2 Å². The average molecular weight is 387 g/mol. The largest absolute Gasteiger partial charge is 0.480 e. The van der Waals surface area contributed by atoms with Crippen LogP contribution in [0.15, 0.2) is 24.3 Å². The standard InChI is InChI=1S/C20H22FN3O4/c21-14-7-1-2-8-16(14)24-15-9-3-6-13(15)18(23-24)19(25)22-17(20(26)27)12-5-4-10-28-11-12/h1-2,7-8,12,17H,3-6,9-11H2,(H,22,25)(H,26,27). The van der Waals surface area contributed by atoms with Gasteiger partial charge in [-0.2, -0.15) is 5.10 Å². The molecule has 1 aliphatic heterocycles. The zero-order valence-corrected chi connectivity index (χ0v) is 15.4. The Hall–Kier alpha value is -2.74. The number of aliphatic carboxylic acids is 1. The summed E-state index contributed by atoms with van der Waals surface area (Å²) in [7, 11) is 0. The number of para-hydroxylation sites is 1. The summed E-state index contributed by atoms with van der Waals surface area (Å²) < 4.78 is 21.1. The molecular formula is C20H22FN3O4. The van der Waals surface area contributed by atoms with Crippen molar-refractivity contribution < 1.29 is 23.8 Å². The van der Waals surface area contributed by atoms with Crippen molar-refractivity contribution in [2.24, 2.45) is 5.92 Å². The fraction of sp³-hybridized carbons (Fsp3) is 0.450. The number of amides is 1. The number of carboxylic acid groups (broad SMARTS) is 1. The van der Waals surface area contributed by atoms with Gasteiger partial charge in [-0.05, 0) is 44.2 Å². The van der Waals surface area contributed by atoms with Gasteiger partial charge in [0.05, 0.1) is 6.61 Å². The maximum absolute atomic E-state index is 14.3. The maximum atomic E-state index is 14.3. The van der Waals surface area contributed by atoms with Crippen LogP contribution >= 0.6 is 0 Å². The summed E-state index contributed by atoms with van der Waals surface area (Å²) in [5.74, 6) is -2.33. The van der Waals surface area contributed by atoms with Gasteiger partial charge in [0.2, 0.25) is 0 Å².